The van der Waals surface area contributed by atoms with Gasteiger partial charge in [0.25, 0.3) is 0 Å². The van der Waals surface area contributed by atoms with Crippen molar-refractivity contribution in [2.45, 2.75) is 71.4 Å². The van der Waals surface area contributed by atoms with Crippen LogP contribution in [0.25, 0.3) is 5.57 Å². The van der Waals surface area contributed by atoms with Gasteiger partial charge in [0, 0.05) is 31.2 Å². The summed E-state index contributed by atoms with van der Waals surface area (Å²) in [5.74, 6) is -0.469. The van der Waals surface area contributed by atoms with Crippen molar-refractivity contribution in [3.05, 3.63) is 40.4 Å². The molecular weight excluding hydrogens is 456 g/mol. The Morgan fingerprint density at radius 1 is 1.18 bits per heavy atom. The minimum absolute atomic E-state index is 0.0811. The van der Waals surface area contributed by atoms with E-state index in [1.807, 2.05) is 4.90 Å². The van der Waals surface area contributed by atoms with Crippen molar-refractivity contribution in [1.29, 1.82) is 0 Å². The van der Waals surface area contributed by atoms with Gasteiger partial charge in [0.2, 0.25) is 5.91 Å². The highest BCUT2D eigenvalue weighted by molar-refractivity contribution is 6.31. The average molecular weight is 494 g/mol. The third kappa shape index (κ3) is 5.50. The summed E-state index contributed by atoms with van der Waals surface area (Å²) in [4.78, 5) is 15.3. The predicted molar refractivity (Wildman–Crippen MR) is 134 cm³/mol. The quantitative estimate of drug-likeness (QED) is 0.542. The predicted octanol–water partition coefficient (Wildman–Crippen LogP) is 5.41. The molecule has 188 valence electrons. The van der Waals surface area contributed by atoms with E-state index in [-0.39, 0.29) is 34.0 Å². The highest BCUT2D eigenvalue weighted by Gasteiger charge is 2.40. The molecule has 1 amide bonds. The third-order valence-electron chi connectivity index (χ3n) is 8.25. The summed E-state index contributed by atoms with van der Waals surface area (Å²) < 4.78 is 29.0. The molecule has 2 unspecified atom stereocenters. The van der Waals surface area contributed by atoms with Gasteiger partial charge in [-0.1, -0.05) is 38.8 Å². The summed E-state index contributed by atoms with van der Waals surface area (Å²) in [7, 11) is 0. The summed E-state index contributed by atoms with van der Waals surface area (Å²) in [6, 6.07) is 2.68. The molecule has 0 aliphatic carbocycles. The highest BCUT2D eigenvalue weighted by Crippen LogP contribution is 2.38. The SMILES string of the molecule is C[C@@H]1CCC[C@H](N2CCC(c3c(F)ccc(Cl)c3F)=CC2=O)C2CC(CCN2)C(C)(C)CNC1. The number of piperidine rings is 1. The maximum Gasteiger partial charge on any atom is 0.247 e. The lowest BCUT2D eigenvalue weighted by Crippen LogP contribution is -2.57. The van der Waals surface area contributed by atoms with Crippen molar-refractivity contribution in [2.75, 3.05) is 26.2 Å². The van der Waals surface area contributed by atoms with Crippen LogP contribution < -0.4 is 10.6 Å². The molecule has 2 N–H and O–H groups in total. The lowest BCUT2D eigenvalue weighted by molar-refractivity contribution is -0.130. The van der Waals surface area contributed by atoms with E-state index in [0.717, 1.165) is 57.8 Å². The van der Waals surface area contributed by atoms with E-state index in [2.05, 4.69) is 31.4 Å². The summed E-state index contributed by atoms with van der Waals surface area (Å²) in [6.07, 6.45) is 7.11. The molecule has 4 nitrogen and oxygen atoms in total. The Hall–Kier alpha value is -1.50. The number of nitrogens with one attached hydrogen (secondary N) is 2. The van der Waals surface area contributed by atoms with Crippen molar-refractivity contribution in [3.63, 3.8) is 0 Å². The molecule has 3 heterocycles. The van der Waals surface area contributed by atoms with Crippen molar-refractivity contribution in [2.24, 2.45) is 17.3 Å². The smallest absolute Gasteiger partial charge is 0.247 e. The number of benzene rings is 1. The first-order chi connectivity index (χ1) is 16.2. The van der Waals surface area contributed by atoms with E-state index in [1.165, 1.54) is 12.1 Å². The molecule has 34 heavy (non-hydrogen) atoms. The maximum absolute atomic E-state index is 14.6. The summed E-state index contributed by atoms with van der Waals surface area (Å²) in [5.41, 5.74) is 0.407. The molecule has 4 atom stereocenters. The number of carbonyl (C=O) groups is 1. The number of nitrogens with zero attached hydrogens (tertiary/aromatic N) is 1. The van der Waals surface area contributed by atoms with Gasteiger partial charge < -0.3 is 15.5 Å². The van der Waals surface area contributed by atoms with Crippen LogP contribution in [0.15, 0.2) is 18.2 Å². The van der Waals surface area contributed by atoms with Gasteiger partial charge in [0.05, 0.1) is 10.6 Å². The van der Waals surface area contributed by atoms with Gasteiger partial charge >= 0.3 is 0 Å². The van der Waals surface area contributed by atoms with Crippen LogP contribution in [0, 0.1) is 28.9 Å². The number of hydrogen-bond acceptors (Lipinski definition) is 3. The van der Waals surface area contributed by atoms with Gasteiger partial charge in [-0.2, -0.15) is 0 Å². The fraction of sp³-hybridized carbons (Fsp3) is 0.667. The number of fused-ring (bicyclic) bond motifs is 2. The molecule has 2 fully saturated rings. The van der Waals surface area contributed by atoms with Crippen LogP contribution in [0.1, 0.15) is 64.9 Å². The number of rotatable bonds is 2. The Bertz CT molecular complexity index is 935. The Kier molecular flexibility index (Phi) is 8.00. The van der Waals surface area contributed by atoms with Crippen LogP contribution in [0.4, 0.5) is 8.78 Å². The number of halogens is 3. The Morgan fingerprint density at radius 2 is 1.97 bits per heavy atom. The number of carbonyl (C=O) groups excluding carboxylic acids is 1. The monoisotopic (exact) mass is 493 g/mol. The Morgan fingerprint density at radius 3 is 2.74 bits per heavy atom. The first-order valence-corrected chi connectivity index (χ1v) is 13.1. The summed E-state index contributed by atoms with van der Waals surface area (Å²) in [5, 5.41) is 7.28. The van der Waals surface area contributed by atoms with E-state index in [0.29, 0.717) is 30.4 Å². The van der Waals surface area contributed by atoms with Crippen LogP contribution in [0.3, 0.4) is 0 Å². The summed E-state index contributed by atoms with van der Waals surface area (Å²) in [6.45, 7) is 10.4. The van der Waals surface area contributed by atoms with Gasteiger partial charge in [-0.05, 0) is 80.2 Å². The zero-order valence-electron chi connectivity index (χ0n) is 20.6. The van der Waals surface area contributed by atoms with Gasteiger partial charge in [0.15, 0.2) is 5.82 Å². The lowest BCUT2D eigenvalue weighted by atomic mass is 9.70. The van der Waals surface area contributed by atoms with E-state index < -0.39 is 11.6 Å². The molecule has 3 aliphatic heterocycles. The normalized spacial score (nSPS) is 30.8. The minimum Gasteiger partial charge on any atom is -0.334 e. The van der Waals surface area contributed by atoms with Crippen LogP contribution in [-0.2, 0) is 4.79 Å². The highest BCUT2D eigenvalue weighted by atomic mass is 35.5. The van der Waals surface area contributed by atoms with Crippen LogP contribution in [0.5, 0.6) is 0 Å². The third-order valence-corrected chi connectivity index (χ3v) is 8.54. The maximum atomic E-state index is 14.6. The molecule has 3 aliphatic rings. The molecule has 2 bridgehead atoms. The lowest BCUT2D eigenvalue weighted by Gasteiger charge is -2.46. The molecule has 1 aromatic rings. The Balaban J connectivity index is 1.59. The largest absolute Gasteiger partial charge is 0.334 e. The van der Waals surface area contributed by atoms with Gasteiger partial charge in [-0.25, -0.2) is 8.78 Å². The van der Waals surface area contributed by atoms with E-state index in [9.17, 15) is 13.6 Å². The fourth-order valence-corrected chi connectivity index (χ4v) is 6.25. The van der Waals surface area contributed by atoms with Crippen molar-refractivity contribution in [1.82, 2.24) is 15.5 Å². The second-order valence-corrected chi connectivity index (χ2v) is 11.6. The van der Waals surface area contributed by atoms with Crippen LogP contribution >= 0.6 is 11.6 Å². The summed E-state index contributed by atoms with van der Waals surface area (Å²) >= 11 is 5.89. The molecular formula is C27H38ClF2N3O. The Labute approximate surface area is 207 Å². The van der Waals surface area contributed by atoms with Gasteiger partial charge in [-0.15, -0.1) is 0 Å². The fourth-order valence-electron chi connectivity index (χ4n) is 6.09. The van der Waals surface area contributed by atoms with Crippen molar-refractivity contribution in [3.8, 4) is 0 Å². The van der Waals surface area contributed by atoms with E-state index in [4.69, 9.17) is 11.6 Å². The van der Waals surface area contributed by atoms with E-state index in [1.54, 1.807) is 0 Å². The standard InChI is InChI=1S/C27H38ClF2N3O/c1-17-5-4-6-23(22-14-19(9-11-32-22)27(2,3)16-31-15-17)33-12-10-18(13-24(33)34)25-21(29)8-7-20(28)26(25)30/h7-8,13,17,19,22-23,31-32H,4-6,9-12,14-16H2,1-3H3/t17-,19?,22?,23+/m1/s1. The van der Waals surface area contributed by atoms with Crippen LogP contribution in [-0.4, -0.2) is 49.1 Å². The zero-order valence-corrected chi connectivity index (χ0v) is 21.4. The second-order valence-electron chi connectivity index (χ2n) is 11.2. The molecule has 0 aromatic heterocycles. The first kappa shape index (κ1) is 25.6. The average Bonchev–Trinajstić information content (AvgIpc) is 2.79. The number of amides is 1. The molecule has 4 rings (SSSR count). The second kappa shape index (κ2) is 10.6. The number of hydrogen-bond donors (Lipinski definition) is 2. The molecule has 7 heteroatoms. The topological polar surface area (TPSA) is 44.4 Å². The molecule has 1 aromatic carbocycles. The van der Waals surface area contributed by atoms with Crippen molar-refractivity contribution < 1.29 is 13.6 Å². The molecule has 0 spiro atoms. The van der Waals surface area contributed by atoms with Gasteiger partial charge in [0.1, 0.15) is 5.82 Å². The minimum atomic E-state index is -0.790. The zero-order chi connectivity index (χ0) is 24.5. The molecule has 0 saturated carbocycles. The van der Waals surface area contributed by atoms with Gasteiger partial charge in [-0.3, -0.25) is 4.79 Å². The first-order valence-electron chi connectivity index (χ1n) is 12.8. The molecule has 0 radical (unpaired) electrons. The molecule has 2 saturated heterocycles. The van der Waals surface area contributed by atoms with E-state index >= 15 is 0 Å². The van der Waals surface area contributed by atoms with Crippen molar-refractivity contribution >= 4 is 23.1 Å². The van der Waals surface area contributed by atoms with Crippen LogP contribution in [0.2, 0.25) is 5.02 Å².